The monoisotopic (exact) mass is 347 g/mol. The van der Waals surface area contributed by atoms with Gasteiger partial charge in [0.05, 0.1) is 11.6 Å². The Labute approximate surface area is 147 Å². The summed E-state index contributed by atoms with van der Waals surface area (Å²) in [5.41, 5.74) is 1.79. The first-order valence-corrected chi connectivity index (χ1v) is 8.67. The van der Waals surface area contributed by atoms with E-state index in [2.05, 4.69) is 15.2 Å². The van der Waals surface area contributed by atoms with Crippen LogP contribution in [0.1, 0.15) is 24.8 Å². The van der Waals surface area contributed by atoms with Crippen LogP contribution >= 0.6 is 11.6 Å². The number of nitrogens with zero attached hydrogens (tertiary/aromatic N) is 2. The summed E-state index contributed by atoms with van der Waals surface area (Å²) < 4.78 is 5.80. The molecule has 128 valence electrons. The summed E-state index contributed by atoms with van der Waals surface area (Å²) >= 11 is 6.03. The van der Waals surface area contributed by atoms with Crippen molar-refractivity contribution in [3.8, 4) is 11.5 Å². The van der Waals surface area contributed by atoms with E-state index in [0.717, 1.165) is 36.5 Å². The fourth-order valence-corrected chi connectivity index (χ4v) is 3.23. The molecule has 2 aromatic rings. The Morgan fingerprint density at radius 3 is 3.08 bits per heavy atom. The average Bonchev–Trinajstić information content (AvgIpc) is 3.16. The first-order chi connectivity index (χ1) is 11.6. The number of rotatable bonds is 5. The number of likely N-dealkylation sites (tertiary alicyclic amines) is 1. The molecule has 1 amide bonds. The lowest BCUT2D eigenvalue weighted by Crippen LogP contribution is -2.32. The summed E-state index contributed by atoms with van der Waals surface area (Å²) in [5, 5.41) is 3.56. The third-order valence-corrected chi connectivity index (χ3v) is 4.57. The topological polar surface area (TPSA) is 58.4 Å². The molecule has 1 aromatic heterocycles. The first kappa shape index (κ1) is 17.0. The van der Waals surface area contributed by atoms with Crippen molar-refractivity contribution in [1.82, 2.24) is 15.2 Å². The minimum atomic E-state index is 0.0737. The molecule has 0 saturated carbocycles. The largest absolute Gasteiger partial charge is 0.441 e. The second kappa shape index (κ2) is 7.36. The summed E-state index contributed by atoms with van der Waals surface area (Å²) in [4.78, 5) is 18.8. The summed E-state index contributed by atoms with van der Waals surface area (Å²) in [7, 11) is 0. The van der Waals surface area contributed by atoms with Gasteiger partial charge in [0.25, 0.3) is 0 Å². The van der Waals surface area contributed by atoms with Crippen LogP contribution in [-0.2, 0) is 11.3 Å². The van der Waals surface area contributed by atoms with Crippen LogP contribution in [0.3, 0.4) is 0 Å². The molecule has 24 heavy (non-hydrogen) atoms. The molecule has 1 aliphatic rings. The molecule has 3 rings (SSSR count). The SMILES string of the molecule is CCNC(=O)[C@H]1CCN(Cc2nc(-c3cccc(Cl)c3)oc2C)C1. The van der Waals surface area contributed by atoms with E-state index in [-0.39, 0.29) is 11.8 Å². The standard InChI is InChI=1S/C18H22ClN3O2/c1-3-20-17(23)14-7-8-22(10-14)11-16-12(2)24-18(21-16)13-5-4-6-15(19)9-13/h4-6,9,14H,3,7-8,10-11H2,1-2H3,(H,20,23)/t14-/m0/s1. The third kappa shape index (κ3) is 3.79. The second-order valence-electron chi connectivity index (χ2n) is 6.15. The molecule has 0 radical (unpaired) electrons. The van der Waals surface area contributed by atoms with Crippen LogP contribution in [-0.4, -0.2) is 35.4 Å². The molecular formula is C18H22ClN3O2. The van der Waals surface area contributed by atoms with Gasteiger partial charge < -0.3 is 9.73 Å². The Bertz CT molecular complexity index is 729. The van der Waals surface area contributed by atoms with Gasteiger partial charge in [0.15, 0.2) is 0 Å². The van der Waals surface area contributed by atoms with Crippen LogP contribution in [0.5, 0.6) is 0 Å². The van der Waals surface area contributed by atoms with E-state index in [9.17, 15) is 4.79 Å². The number of oxazole rings is 1. The van der Waals surface area contributed by atoms with Crippen molar-refractivity contribution in [3.63, 3.8) is 0 Å². The Morgan fingerprint density at radius 2 is 2.33 bits per heavy atom. The highest BCUT2D eigenvalue weighted by Gasteiger charge is 2.28. The van der Waals surface area contributed by atoms with Gasteiger partial charge in [-0.15, -0.1) is 0 Å². The van der Waals surface area contributed by atoms with E-state index >= 15 is 0 Å². The molecule has 1 N–H and O–H groups in total. The number of amides is 1. The molecule has 0 bridgehead atoms. The minimum absolute atomic E-state index is 0.0737. The van der Waals surface area contributed by atoms with Gasteiger partial charge in [-0.2, -0.15) is 0 Å². The third-order valence-electron chi connectivity index (χ3n) is 4.33. The van der Waals surface area contributed by atoms with Crippen LogP contribution in [0.15, 0.2) is 28.7 Å². The normalized spacial score (nSPS) is 18.0. The average molecular weight is 348 g/mol. The van der Waals surface area contributed by atoms with Gasteiger partial charge in [-0.1, -0.05) is 17.7 Å². The Balaban J connectivity index is 1.67. The maximum Gasteiger partial charge on any atom is 0.226 e. The molecule has 5 nitrogen and oxygen atoms in total. The van der Waals surface area contributed by atoms with Crippen molar-refractivity contribution < 1.29 is 9.21 Å². The van der Waals surface area contributed by atoms with Gasteiger partial charge >= 0.3 is 0 Å². The fourth-order valence-electron chi connectivity index (χ4n) is 3.04. The highest BCUT2D eigenvalue weighted by atomic mass is 35.5. The maximum absolute atomic E-state index is 11.9. The number of benzene rings is 1. The smallest absolute Gasteiger partial charge is 0.226 e. The molecule has 6 heteroatoms. The van der Waals surface area contributed by atoms with E-state index in [0.29, 0.717) is 24.0 Å². The van der Waals surface area contributed by atoms with Gasteiger partial charge in [-0.25, -0.2) is 4.98 Å². The van der Waals surface area contributed by atoms with Crippen molar-refractivity contribution in [3.05, 3.63) is 40.7 Å². The number of carbonyl (C=O) groups excluding carboxylic acids is 1. The molecular weight excluding hydrogens is 326 g/mol. The maximum atomic E-state index is 11.9. The van der Waals surface area contributed by atoms with Gasteiger partial charge in [0.1, 0.15) is 5.76 Å². The zero-order valence-corrected chi connectivity index (χ0v) is 14.8. The zero-order valence-electron chi connectivity index (χ0n) is 14.0. The quantitative estimate of drug-likeness (QED) is 0.901. The summed E-state index contributed by atoms with van der Waals surface area (Å²) in [5.74, 6) is 1.62. The second-order valence-corrected chi connectivity index (χ2v) is 6.58. The molecule has 1 saturated heterocycles. The molecule has 0 unspecified atom stereocenters. The lowest BCUT2D eigenvalue weighted by atomic mass is 10.1. The van der Waals surface area contributed by atoms with E-state index in [1.54, 1.807) is 0 Å². The predicted octanol–water partition coefficient (Wildman–Crippen LogP) is 3.26. The van der Waals surface area contributed by atoms with E-state index in [1.165, 1.54) is 0 Å². The molecule has 2 heterocycles. The molecule has 0 spiro atoms. The molecule has 1 aromatic carbocycles. The minimum Gasteiger partial charge on any atom is -0.441 e. The zero-order chi connectivity index (χ0) is 17.1. The molecule has 1 aliphatic heterocycles. The van der Waals surface area contributed by atoms with Crippen molar-refractivity contribution in [2.24, 2.45) is 5.92 Å². The number of nitrogens with one attached hydrogen (secondary N) is 1. The molecule has 1 fully saturated rings. The van der Waals surface area contributed by atoms with Crippen LogP contribution < -0.4 is 5.32 Å². The van der Waals surface area contributed by atoms with Crippen molar-refractivity contribution in [1.29, 1.82) is 0 Å². The van der Waals surface area contributed by atoms with Crippen molar-refractivity contribution in [2.45, 2.75) is 26.8 Å². The van der Waals surface area contributed by atoms with Crippen LogP contribution in [0, 0.1) is 12.8 Å². The van der Waals surface area contributed by atoms with Crippen LogP contribution in [0.2, 0.25) is 5.02 Å². The lowest BCUT2D eigenvalue weighted by Gasteiger charge is -2.14. The number of hydrogen-bond donors (Lipinski definition) is 1. The summed E-state index contributed by atoms with van der Waals surface area (Å²) in [6.45, 7) is 6.92. The van der Waals surface area contributed by atoms with Gasteiger partial charge in [-0.05, 0) is 45.0 Å². The number of aromatic nitrogens is 1. The van der Waals surface area contributed by atoms with Crippen LogP contribution in [0.25, 0.3) is 11.5 Å². The first-order valence-electron chi connectivity index (χ1n) is 8.29. The lowest BCUT2D eigenvalue weighted by molar-refractivity contribution is -0.124. The Morgan fingerprint density at radius 1 is 1.50 bits per heavy atom. The number of aryl methyl sites for hydroxylation is 1. The summed E-state index contributed by atoms with van der Waals surface area (Å²) in [6, 6.07) is 7.49. The highest BCUT2D eigenvalue weighted by Crippen LogP contribution is 2.26. The Hall–Kier alpha value is -1.85. The van der Waals surface area contributed by atoms with Crippen molar-refractivity contribution >= 4 is 17.5 Å². The molecule has 1 atom stereocenters. The summed E-state index contributed by atoms with van der Waals surface area (Å²) in [6.07, 6.45) is 0.893. The Kier molecular flexibility index (Phi) is 5.21. The number of hydrogen-bond acceptors (Lipinski definition) is 4. The number of carbonyl (C=O) groups is 1. The van der Waals surface area contributed by atoms with Gasteiger partial charge in [-0.3, -0.25) is 9.69 Å². The number of halogens is 1. The highest BCUT2D eigenvalue weighted by molar-refractivity contribution is 6.30. The molecule has 0 aliphatic carbocycles. The van der Waals surface area contributed by atoms with E-state index in [4.69, 9.17) is 16.0 Å². The van der Waals surface area contributed by atoms with Crippen LogP contribution in [0.4, 0.5) is 0 Å². The fraction of sp³-hybridized carbons (Fsp3) is 0.444. The predicted molar refractivity (Wildman–Crippen MR) is 93.8 cm³/mol. The van der Waals surface area contributed by atoms with E-state index < -0.39 is 0 Å². The van der Waals surface area contributed by atoms with Crippen molar-refractivity contribution in [2.75, 3.05) is 19.6 Å². The van der Waals surface area contributed by atoms with Gasteiger partial charge in [0.2, 0.25) is 11.8 Å². The van der Waals surface area contributed by atoms with E-state index in [1.807, 2.05) is 38.1 Å². The van der Waals surface area contributed by atoms with Gasteiger partial charge in [0, 0.05) is 30.2 Å².